The molecule has 0 saturated carbocycles. The predicted molar refractivity (Wildman–Crippen MR) is 108 cm³/mol. The lowest BCUT2D eigenvalue weighted by Gasteiger charge is -2.09. The van der Waals surface area contributed by atoms with Crippen molar-refractivity contribution in [2.45, 2.75) is 18.6 Å². The summed E-state index contributed by atoms with van der Waals surface area (Å²) in [6, 6.07) is 13.4. The monoisotopic (exact) mass is 405 g/mol. The molecule has 1 heterocycles. The number of carbonyl (C=O) groups is 1. The molecule has 0 fully saturated rings. The van der Waals surface area contributed by atoms with Gasteiger partial charge in [-0.3, -0.25) is 4.79 Å². The number of anilines is 1. The van der Waals surface area contributed by atoms with Crippen molar-refractivity contribution in [2.75, 3.05) is 11.1 Å². The molecule has 1 aromatic heterocycles. The Balaban J connectivity index is 1.58. The molecular weight excluding hydrogens is 389 g/mol. The number of nitrogens with one attached hydrogen (secondary N) is 1. The van der Waals surface area contributed by atoms with E-state index >= 15 is 0 Å². The molecule has 0 atom stereocenters. The molecule has 0 aliphatic heterocycles. The fourth-order valence-corrected chi connectivity index (χ4v) is 3.40. The minimum Gasteiger partial charge on any atom is -0.325 e. The van der Waals surface area contributed by atoms with Crippen molar-refractivity contribution < 1.29 is 4.79 Å². The van der Waals surface area contributed by atoms with Crippen LogP contribution in [0.5, 0.6) is 0 Å². The number of rotatable bonds is 6. The van der Waals surface area contributed by atoms with E-state index in [1.165, 1.54) is 22.9 Å². The maximum atomic E-state index is 12.2. The van der Waals surface area contributed by atoms with Crippen LogP contribution in [0.1, 0.15) is 11.1 Å². The number of aromatic nitrogens is 2. The van der Waals surface area contributed by atoms with Crippen LogP contribution in [0, 0.1) is 6.92 Å². The summed E-state index contributed by atoms with van der Waals surface area (Å²) in [6.45, 7) is 2.78. The molecular formula is C19H17Cl2N3OS. The van der Waals surface area contributed by atoms with Crippen molar-refractivity contribution >= 4 is 46.6 Å². The molecule has 2 aromatic carbocycles. The fraction of sp³-hybridized carbons (Fsp3) is 0.158. The molecule has 4 nitrogen and oxygen atoms in total. The minimum atomic E-state index is -0.127. The largest absolute Gasteiger partial charge is 0.325 e. The highest BCUT2D eigenvalue weighted by atomic mass is 35.5. The molecule has 0 bridgehead atoms. The number of hydrogen-bond donors (Lipinski definition) is 1. The van der Waals surface area contributed by atoms with E-state index in [0.29, 0.717) is 15.7 Å². The molecule has 1 N–H and O–H groups in total. The Morgan fingerprint density at radius 3 is 2.65 bits per heavy atom. The van der Waals surface area contributed by atoms with E-state index in [1.54, 1.807) is 24.4 Å². The third-order valence-electron chi connectivity index (χ3n) is 3.69. The maximum absolute atomic E-state index is 12.2. The first-order valence-corrected chi connectivity index (χ1v) is 9.70. The first-order chi connectivity index (χ1) is 12.5. The van der Waals surface area contributed by atoms with Gasteiger partial charge in [-0.2, -0.15) is 0 Å². The van der Waals surface area contributed by atoms with Gasteiger partial charge in [0.05, 0.1) is 15.8 Å². The van der Waals surface area contributed by atoms with Gasteiger partial charge < -0.3 is 9.88 Å². The van der Waals surface area contributed by atoms with Gasteiger partial charge in [0.15, 0.2) is 5.16 Å². The summed E-state index contributed by atoms with van der Waals surface area (Å²) >= 11 is 13.2. The summed E-state index contributed by atoms with van der Waals surface area (Å²) < 4.78 is 2.03. The zero-order valence-corrected chi connectivity index (χ0v) is 16.4. The van der Waals surface area contributed by atoms with Gasteiger partial charge in [0.25, 0.3) is 0 Å². The third kappa shape index (κ3) is 5.04. The van der Waals surface area contributed by atoms with Gasteiger partial charge in [-0.15, -0.1) is 0 Å². The fourth-order valence-electron chi connectivity index (χ4n) is 2.35. The molecule has 3 rings (SSSR count). The average Bonchev–Trinajstić information content (AvgIpc) is 3.05. The van der Waals surface area contributed by atoms with E-state index in [0.717, 1.165) is 11.7 Å². The molecule has 0 unspecified atom stereocenters. The lowest BCUT2D eigenvalue weighted by Crippen LogP contribution is -2.14. The van der Waals surface area contributed by atoms with Crippen molar-refractivity contribution in [3.63, 3.8) is 0 Å². The topological polar surface area (TPSA) is 46.9 Å². The molecule has 0 radical (unpaired) electrons. The van der Waals surface area contributed by atoms with E-state index in [-0.39, 0.29) is 11.7 Å². The lowest BCUT2D eigenvalue weighted by atomic mass is 10.1. The van der Waals surface area contributed by atoms with E-state index in [4.69, 9.17) is 23.2 Å². The van der Waals surface area contributed by atoms with Gasteiger partial charge >= 0.3 is 0 Å². The summed E-state index contributed by atoms with van der Waals surface area (Å²) in [7, 11) is 0. The molecule has 134 valence electrons. The molecule has 0 aliphatic carbocycles. The number of aryl methyl sites for hydroxylation is 1. The number of nitrogens with zero attached hydrogens (tertiary/aromatic N) is 2. The zero-order chi connectivity index (χ0) is 18.5. The number of benzene rings is 2. The highest BCUT2D eigenvalue weighted by molar-refractivity contribution is 7.99. The zero-order valence-electron chi connectivity index (χ0n) is 14.1. The number of thioether (sulfide) groups is 1. The molecule has 1 amide bonds. The highest BCUT2D eigenvalue weighted by Gasteiger charge is 2.09. The molecule has 0 saturated heterocycles. The lowest BCUT2D eigenvalue weighted by molar-refractivity contribution is -0.113. The summed E-state index contributed by atoms with van der Waals surface area (Å²) in [5.41, 5.74) is 3.04. The van der Waals surface area contributed by atoms with Crippen LogP contribution in [0.3, 0.4) is 0 Å². The molecule has 3 aromatic rings. The van der Waals surface area contributed by atoms with Crippen molar-refractivity contribution in [2.24, 2.45) is 0 Å². The molecule has 0 aliphatic rings. The molecule has 7 heteroatoms. The number of amides is 1. The van der Waals surface area contributed by atoms with Crippen LogP contribution in [0.2, 0.25) is 10.0 Å². The standard InChI is InChI=1S/C19H17Cl2N3OS/c1-13-2-4-14(5-3-13)11-24-9-8-22-19(24)26-12-18(25)23-15-6-7-16(20)17(21)10-15/h2-10H,11-12H2,1H3,(H,23,25). The molecule has 26 heavy (non-hydrogen) atoms. The van der Waals surface area contributed by atoms with E-state index in [2.05, 4.69) is 41.5 Å². The van der Waals surface area contributed by atoms with Crippen molar-refractivity contribution in [3.8, 4) is 0 Å². The second-order valence-corrected chi connectivity index (χ2v) is 7.55. The summed E-state index contributed by atoms with van der Waals surface area (Å²) in [4.78, 5) is 16.5. The van der Waals surface area contributed by atoms with E-state index < -0.39 is 0 Å². The predicted octanol–water partition coefficient (Wildman–Crippen LogP) is 5.28. The Morgan fingerprint density at radius 1 is 1.15 bits per heavy atom. The average molecular weight is 406 g/mol. The summed E-state index contributed by atoms with van der Waals surface area (Å²) in [6.07, 6.45) is 3.66. The smallest absolute Gasteiger partial charge is 0.234 e. The van der Waals surface area contributed by atoms with Gasteiger partial charge in [-0.25, -0.2) is 4.98 Å². The SMILES string of the molecule is Cc1ccc(Cn2ccnc2SCC(=O)Nc2ccc(Cl)c(Cl)c2)cc1. The van der Waals surface area contributed by atoms with Gasteiger partial charge in [0.2, 0.25) is 5.91 Å². The summed E-state index contributed by atoms with van der Waals surface area (Å²) in [5.74, 6) is 0.129. The van der Waals surface area contributed by atoms with Crippen LogP contribution in [0.15, 0.2) is 60.0 Å². The van der Waals surface area contributed by atoms with E-state index in [9.17, 15) is 4.79 Å². The van der Waals surface area contributed by atoms with Crippen LogP contribution in [0.4, 0.5) is 5.69 Å². The van der Waals surface area contributed by atoms with Crippen LogP contribution >= 0.6 is 35.0 Å². The Bertz CT molecular complexity index is 909. The Hall–Kier alpha value is -1.95. The highest BCUT2D eigenvalue weighted by Crippen LogP contribution is 2.25. The maximum Gasteiger partial charge on any atom is 0.234 e. The minimum absolute atomic E-state index is 0.127. The van der Waals surface area contributed by atoms with E-state index in [1.807, 2.05) is 10.8 Å². The second-order valence-electron chi connectivity index (χ2n) is 5.79. The molecule has 0 spiro atoms. The first-order valence-electron chi connectivity index (χ1n) is 7.95. The third-order valence-corrected chi connectivity index (χ3v) is 5.43. The van der Waals surface area contributed by atoms with Crippen LogP contribution in [-0.4, -0.2) is 21.2 Å². The van der Waals surface area contributed by atoms with Gasteiger partial charge in [0.1, 0.15) is 0 Å². The van der Waals surface area contributed by atoms with Crippen molar-refractivity contribution in [1.29, 1.82) is 0 Å². The number of carbonyl (C=O) groups excluding carboxylic acids is 1. The van der Waals surface area contributed by atoms with Gasteiger partial charge in [-0.1, -0.05) is 64.8 Å². The van der Waals surface area contributed by atoms with Crippen LogP contribution in [0.25, 0.3) is 0 Å². The number of hydrogen-bond acceptors (Lipinski definition) is 3. The van der Waals surface area contributed by atoms with Crippen molar-refractivity contribution in [3.05, 3.63) is 76.0 Å². The Labute approximate surface area is 166 Å². The Kier molecular flexibility index (Phi) is 6.25. The van der Waals surface area contributed by atoms with Crippen molar-refractivity contribution in [1.82, 2.24) is 9.55 Å². The second kappa shape index (κ2) is 8.62. The summed E-state index contributed by atoms with van der Waals surface area (Å²) in [5, 5.41) is 4.47. The normalized spacial score (nSPS) is 10.7. The number of imidazole rings is 1. The van der Waals surface area contributed by atoms with Gasteiger partial charge in [-0.05, 0) is 30.7 Å². The van der Waals surface area contributed by atoms with Gasteiger partial charge in [0, 0.05) is 24.6 Å². The quantitative estimate of drug-likeness (QED) is 0.567. The van der Waals surface area contributed by atoms with Crippen LogP contribution < -0.4 is 5.32 Å². The van der Waals surface area contributed by atoms with Crippen LogP contribution in [-0.2, 0) is 11.3 Å². The number of halogens is 2. The first kappa shape index (κ1) is 18.8. The Morgan fingerprint density at radius 2 is 1.92 bits per heavy atom.